The average Bonchev–Trinajstić information content (AvgIpc) is 2.65. The van der Waals surface area contributed by atoms with Crippen molar-refractivity contribution < 1.29 is 18.7 Å². The van der Waals surface area contributed by atoms with Crippen LogP contribution in [0, 0.1) is 5.82 Å². The molecule has 25 heavy (non-hydrogen) atoms. The van der Waals surface area contributed by atoms with Crippen molar-refractivity contribution in [3.05, 3.63) is 53.8 Å². The maximum atomic E-state index is 13.5. The Balaban J connectivity index is 1.48. The number of nitrogens with one attached hydrogen (secondary N) is 1. The number of carbonyl (C=O) groups is 1. The summed E-state index contributed by atoms with van der Waals surface area (Å²) in [6.45, 7) is 0.120. The summed E-state index contributed by atoms with van der Waals surface area (Å²) in [5.41, 5.74) is 3.92. The van der Waals surface area contributed by atoms with Crippen LogP contribution in [-0.4, -0.2) is 30.1 Å². The number of nitrogens with zero attached hydrogens (tertiary/aromatic N) is 1. The van der Waals surface area contributed by atoms with Gasteiger partial charge in [-0.3, -0.25) is 4.79 Å². The fourth-order valence-electron chi connectivity index (χ4n) is 2.71. The predicted octanol–water partition coefficient (Wildman–Crippen LogP) is 2.98. The Morgan fingerprint density at radius 1 is 1.24 bits per heavy atom. The molecule has 2 aliphatic heterocycles. The summed E-state index contributed by atoms with van der Waals surface area (Å²) in [7, 11) is 0. The van der Waals surface area contributed by atoms with Crippen LogP contribution in [0.2, 0.25) is 0 Å². The van der Waals surface area contributed by atoms with Crippen molar-refractivity contribution >= 4 is 23.4 Å². The van der Waals surface area contributed by atoms with Crippen molar-refractivity contribution in [1.29, 1.82) is 0 Å². The monoisotopic (exact) mass is 358 g/mol. The summed E-state index contributed by atoms with van der Waals surface area (Å²) in [6.07, 6.45) is -0.115. The first-order valence-electron chi connectivity index (χ1n) is 7.88. The molecule has 1 N–H and O–H groups in total. The Hall–Kier alpha value is -2.54. The first-order valence-corrected chi connectivity index (χ1v) is 8.87. The Morgan fingerprint density at radius 2 is 2.08 bits per heavy atom. The van der Waals surface area contributed by atoms with E-state index in [0.29, 0.717) is 23.6 Å². The molecule has 1 atom stereocenters. The van der Waals surface area contributed by atoms with E-state index in [1.165, 1.54) is 12.1 Å². The molecular formula is C18H15FN2O3S. The highest BCUT2D eigenvalue weighted by atomic mass is 32.2. The minimum Gasteiger partial charge on any atom is -0.485 e. The molecule has 7 heteroatoms. The zero-order chi connectivity index (χ0) is 17.2. The van der Waals surface area contributed by atoms with Crippen LogP contribution < -0.4 is 14.9 Å². The third-order valence-corrected chi connectivity index (χ3v) is 5.03. The molecule has 4 rings (SSSR count). The van der Waals surface area contributed by atoms with Crippen molar-refractivity contribution in [2.24, 2.45) is 5.10 Å². The van der Waals surface area contributed by atoms with Gasteiger partial charge in [0.05, 0.1) is 5.71 Å². The number of hydrogen-bond acceptors (Lipinski definition) is 5. The SMILES string of the molecule is O=C(N/N=C1/CCSc2ccc(F)cc21)[C@@H]1COc2ccccc2O1. The number of para-hydroxylation sites is 2. The van der Waals surface area contributed by atoms with E-state index >= 15 is 0 Å². The number of fused-ring (bicyclic) bond motifs is 2. The standard InChI is InChI=1S/C18H15FN2O3S/c19-11-5-6-17-12(9-11)13(7-8-25-17)20-21-18(22)16-10-23-14-3-1-2-4-15(14)24-16/h1-6,9,16H,7-8,10H2,(H,21,22)/b20-13-/t16-/m0/s1. The number of amides is 1. The van der Waals surface area contributed by atoms with Gasteiger partial charge in [0.15, 0.2) is 11.5 Å². The first-order chi connectivity index (χ1) is 12.2. The second kappa shape index (κ2) is 6.76. The van der Waals surface area contributed by atoms with Gasteiger partial charge >= 0.3 is 0 Å². The summed E-state index contributed by atoms with van der Waals surface area (Å²) >= 11 is 1.65. The average molecular weight is 358 g/mol. The molecule has 0 unspecified atom stereocenters. The molecule has 2 aromatic rings. The molecule has 128 valence electrons. The van der Waals surface area contributed by atoms with E-state index in [2.05, 4.69) is 10.5 Å². The van der Waals surface area contributed by atoms with Gasteiger partial charge in [0.1, 0.15) is 12.4 Å². The number of ether oxygens (including phenoxy) is 2. The van der Waals surface area contributed by atoms with Gasteiger partial charge in [-0.15, -0.1) is 11.8 Å². The second-order valence-corrected chi connectivity index (χ2v) is 6.77. The summed E-state index contributed by atoms with van der Waals surface area (Å²) in [6, 6.07) is 11.8. The Labute approximate surface area is 148 Å². The molecule has 0 fully saturated rings. The van der Waals surface area contributed by atoms with Crippen LogP contribution in [0.15, 0.2) is 52.5 Å². The highest BCUT2D eigenvalue weighted by molar-refractivity contribution is 7.99. The number of hydrazone groups is 1. The topological polar surface area (TPSA) is 59.9 Å². The molecule has 2 aromatic carbocycles. The predicted molar refractivity (Wildman–Crippen MR) is 92.8 cm³/mol. The van der Waals surface area contributed by atoms with Gasteiger partial charge in [-0.25, -0.2) is 9.82 Å². The largest absolute Gasteiger partial charge is 0.485 e. The number of halogens is 1. The maximum Gasteiger partial charge on any atom is 0.284 e. The van der Waals surface area contributed by atoms with Gasteiger partial charge in [0.25, 0.3) is 5.91 Å². The summed E-state index contributed by atoms with van der Waals surface area (Å²) < 4.78 is 24.7. The Kier molecular flexibility index (Phi) is 4.31. The highest BCUT2D eigenvalue weighted by Crippen LogP contribution is 2.32. The zero-order valence-electron chi connectivity index (χ0n) is 13.2. The van der Waals surface area contributed by atoms with Crippen molar-refractivity contribution in [2.75, 3.05) is 12.4 Å². The molecular weight excluding hydrogens is 343 g/mol. The van der Waals surface area contributed by atoms with Crippen molar-refractivity contribution in [3.63, 3.8) is 0 Å². The smallest absolute Gasteiger partial charge is 0.284 e. The lowest BCUT2D eigenvalue weighted by Gasteiger charge is -2.25. The molecule has 0 aromatic heterocycles. The van der Waals surface area contributed by atoms with E-state index in [-0.39, 0.29) is 12.4 Å². The van der Waals surface area contributed by atoms with Crippen LogP contribution in [-0.2, 0) is 4.79 Å². The normalized spacial score (nSPS) is 20.0. The molecule has 0 saturated heterocycles. The van der Waals surface area contributed by atoms with Crippen molar-refractivity contribution in [2.45, 2.75) is 17.4 Å². The lowest BCUT2D eigenvalue weighted by atomic mass is 10.1. The number of carbonyl (C=O) groups excluding carboxylic acids is 1. The van der Waals surface area contributed by atoms with E-state index in [4.69, 9.17) is 9.47 Å². The lowest BCUT2D eigenvalue weighted by molar-refractivity contribution is -0.130. The van der Waals surface area contributed by atoms with Gasteiger partial charge in [-0.2, -0.15) is 5.10 Å². The molecule has 2 aliphatic rings. The van der Waals surface area contributed by atoms with Crippen molar-refractivity contribution in [1.82, 2.24) is 5.43 Å². The molecule has 0 saturated carbocycles. The van der Waals surface area contributed by atoms with Crippen LogP contribution in [0.3, 0.4) is 0 Å². The third-order valence-electron chi connectivity index (χ3n) is 3.95. The molecule has 0 aliphatic carbocycles. The van der Waals surface area contributed by atoms with Crippen LogP contribution in [0.5, 0.6) is 11.5 Å². The van der Waals surface area contributed by atoms with Crippen LogP contribution in [0.1, 0.15) is 12.0 Å². The number of rotatable bonds is 2. The lowest BCUT2D eigenvalue weighted by Crippen LogP contribution is -2.42. The Bertz CT molecular complexity index is 856. The second-order valence-electron chi connectivity index (χ2n) is 5.64. The molecule has 0 spiro atoms. The maximum absolute atomic E-state index is 13.5. The molecule has 5 nitrogen and oxygen atoms in total. The Morgan fingerprint density at radius 3 is 2.96 bits per heavy atom. The van der Waals surface area contributed by atoms with E-state index in [1.807, 2.05) is 12.1 Å². The van der Waals surface area contributed by atoms with Gasteiger partial charge in [0, 0.05) is 22.6 Å². The van der Waals surface area contributed by atoms with Crippen LogP contribution in [0.4, 0.5) is 4.39 Å². The summed E-state index contributed by atoms with van der Waals surface area (Å²) in [5, 5.41) is 4.20. The molecule has 0 radical (unpaired) electrons. The molecule has 2 heterocycles. The van der Waals surface area contributed by atoms with Crippen molar-refractivity contribution in [3.8, 4) is 11.5 Å². The fourth-order valence-corrected chi connectivity index (χ4v) is 3.72. The van der Waals surface area contributed by atoms with E-state index < -0.39 is 12.0 Å². The third kappa shape index (κ3) is 3.32. The van der Waals surface area contributed by atoms with E-state index in [0.717, 1.165) is 16.2 Å². The summed E-state index contributed by atoms with van der Waals surface area (Å²) in [4.78, 5) is 13.3. The number of thioether (sulfide) groups is 1. The van der Waals surface area contributed by atoms with Crippen LogP contribution >= 0.6 is 11.8 Å². The molecule has 0 bridgehead atoms. The summed E-state index contributed by atoms with van der Waals surface area (Å²) in [5.74, 6) is 1.28. The quantitative estimate of drug-likeness (QED) is 0.839. The van der Waals surface area contributed by atoms with Crippen LogP contribution in [0.25, 0.3) is 0 Å². The van der Waals surface area contributed by atoms with E-state index in [1.54, 1.807) is 30.0 Å². The zero-order valence-corrected chi connectivity index (χ0v) is 14.0. The van der Waals surface area contributed by atoms with Gasteiger partial charge < -0.3 is 9.47 Å². The number of benzene rings is 2. The van der Waals surface area contributed by atoms with Gasteiger partial charge in [-0.1, -0.05) is 12.1 Å². The fraction of sp³-hybridized carbons (Fsp3) is 0.222. The van der Waals surface area contributed by atoms with Gasteiger partial charge in [-0.05, 0) is 30.3 Å². The minimum absolute atomic E-state index is 0.120. The minimum atomic E-state index is -0.774. The highest BCUT2D eigenvalue weighted by Gasteiger charge is 2.27. The molecule has 1 amide bonds. The van der Waals surface area contributed by atoms with E-state index in [9.17, 15) is 9.18 Å². The number of hydrogen-bond donors (Lipinski definition) is 1. The first kappa shape index (κ1) is 16.0. The van der Waals surface area contributed by atoms with Gasteiger partial charge in [0.2, 0.25) is 6.10 Å².